The molecule has 3 atom stereocenters. The van der Waals surface area contributed by atoms with Crippen molar-refractivity contribution in [1.29, 1.82) is 0 Å². The van der Waals surface area contributed by atoms with E-state index in [0.717, 1.165) is 0 Å². The van der Waals surface area contributed by atoms with Crippen LogP contribution in [0.15, 0.2) is 0 Å². The zero-order valence-corrected chi connectivity index (χ0v) is 25.8. The average molecular weight is 624 g/mol. The molecule has 1 rings (SSSR count). The molecule has 43 heavy (non-hydrogen) atoms. The summed E-state index contributed by atoms with van der Waals surface area (Å²) in [5.74, 6) is -0.614. The number of carbonyl (C=O) groups is 3. The number of Topliss-reactive ketones (excluding diaryl/α,β-unsaturated/α-hetero) is 1. The number of nitrogens with one attached hydrogen (secondary N) is 1. The highest BCUT2D eigenvalue weighted by atomic mass is 16.6. The molecule has 0 aromatic heterocycles. The molecule has 252 valence electrons. The molecule has 15 nitrogen and oxygen atoms in total. The van der Waals surface area contributed by atoms with E-state index < -0.39 is 12.1 Å². The molecule has 0 aromatic carbocycles. The number of ketones is 1. The van der Waals surface area contributed by atoms with Crippen molar-refractivity contribution in [3.05, 3.63) is 0 Å². The quantitative estimate of drug-likeness (QED) is 0.0820. The Hall–Kier alpha value is -1.79. The van der Waals surface area contributed by atoms with E-state index in [0.29, 0.717) is 106 Å². The summed E-state index contributed by atoms with van der Waals surface area (Å²) >= 11 is 0. The van der Waals surface area contributed by atoms with E-state index in [-0.39, 0.29) is 49.8 Å². The first-order chi connectivity index (χ1) is 20.9. The number of ether oxygens (including phenoxy) is 8. The van der Waals surface area contributed by atoms with Crippen LogP contribution < -0.4 is 11.1 Å². The summed E-state index contributed by atoms with van der Waals surface area (Å²) < 4.78 is 43.0. The molecule has 1 fully saturated rings. The fraction of sp³-hybridized carbons (Fsp3) is 0.893. The standard InChI is InChI=1S/C28H53N3O12/c1-23(29)28(35)31-22-25(21-26(31)24(2)33)30-27(34)3-5-36-7-9-38-11-13-40-15-17-42-19-20-43-18-16-41-14-12-39-10-8-37-6-4-32/h23,25-26,32H,3-22,29H2,1-2H3,(H,30,34). The van der Waals surface area contributed by atoms with E-state index in [2.05, 4.69) is 5.32 Å². The number of hydrogen-bond donors (Lipinski definition) is 3. The smallest absolute Gasteiger partial charge is 0.239 e. The van der Waals surface area contributed by atoms with Crippen LogP contribution in [0.5, 0.6) is 0 Å². The normalized spacial score (nSPS) is 17.3. The van der Waals surface area contributed by atoms with Crippen LogP contribution in [0.3, 0.4) is 0 Å². The molecule has 15 heteroatoms. The van der Waals surface area contributed by atoms with Gasteiger partial charge in [-0.3, -0.25) is 14.4 Å². The van der Waals surface area contributed by atoms with Crippen molar-refractivity contribution in [2.45, 2.75) is 44.8 Å². The summed E-state index contributed by atoms with van der Waals surface area (Å²) in [7, 11) is 0. The monoisotopic (exact) mass is 623 g/mol. The van der Waals surface area contributed by atoms with Crippen LogP contribution in [-0.2, 0) is 52.3 Å². The summed E-state index contributed by atoms with van der Waals surface area (Å²) in [6, 6.07) is -1.54. The van der Waals surface area contributed by atoms with Crippen molar-refractivity contribution in [3.8, 4) is 0 Å². The molecule has 1 aliphatic rings. The van der Waals surface area contributed by atoms with E-state index >= 15 is 0 Å². The number of nitrogens with zero attached hydrogens (tertiary/aromatic N) is 1. The van der Waals surface area contributed by atoms with Gasteiger partial charge in [0, 0.05) is 19.0 Å². The van der Waals surface area contributed by atoms with E-state index in [1.165, 1.54) is 11.8 Å². The first kappa shape index (κ1) is 39.2. The van der Waals surface area contributed by atoms with Gasteiger partial charge in [0.05, 0.1) is 124 Å². The molecule has 1 heterocycles. The van der Waals surface area contributed by atoms with Gasteiger partial charge in [0.15, 0.2) is 5.78 Å². The summed E-state index contributed by atoms with van der Waals surface area (Å²) in [6.07, 6.45) is 0.556. The van der Waals surface area contributed by atoms with Crippen molar-refractivity contribution in [2.24, 2.45) is 5.73 Å². The Kier molecular flexibility index (Phi) is 24.3. The number of aliphatic hydroxyl groups is 1. The molecule has 3 unspecified atom stereocenters. The summed E-state index contributed by atoms with van der Waals surface area (Å²) in [4.78, 5) is 37.9. The highest BCUT2D eigenvalue weighted by Crippen LogP contribution is 2.20. The first-order valence-corrected chi connectivity index (χ1v) is 15.0. The second-order valence-corrected chi connectivity index (χ2v) is 9.78. The summed E-state index contributed by atoms with van der Waals surface area (Å²) in [5, 5.41) is 11.4. The van der Waals surface area contributed by atoms with Gasteiger partial charge in [-0.05, 0) is 20.3 Å². The maximum atomic E-state index is 12.3. The predicted octanol–water partition coefficient (Wildman–Crippen LogP) is -1.48. The molecule has 1 saturated heterocycles. The van der Waals surface area contributed by atoms with Gasteiger partial charge in [0.2, 0.25) is 11.8 Å². The molecule has 0 aromatic rings. The van der Waals surface area contributed by atoms with Crippen LogP contribution in [-0.4, -0.2) is 165 Å². The number of hydrogen-bond acceptors (Lipinski definition) is 13. The molecule has 1 aliphatic heterocycles. The minimum atomic E-state index is -0.700. The number of nitrogens with two attached hydrogens (primary N) is 1. The summed E-state index contributed by atoms with van der Waals surface area (Å²) in [5.41, 5.74) is 5.68. The van der Waals surface area contributed by atoms with Crippen LogP contribution in [0.1, 0.15) is 26.7 Å². The Bertz CT molecular complexity index is 731. The SMILES string of the molecule is CC(=O)C1CC(NC(=O)CCOCCOCCOCCOCCOCCOCCOCCOCCO)CN1C(=O)C(C)N. The van der Waals surface area contributed by atoms with Gasteiger partial charge in [0.25, 0.3) is 0 Å². The van der Waals surface area contributed by atoms with E-state index in [9.17, 15) is 14.4 Å². The van der Waals surface area contributed by atoms with Crippen LogP contribution in [0.2, 0.25) is 0 Å². The lowest BCUT2D eigenvalue weighted by molar-refractivity contribution is -0.137. The van der Waals surface area contributed by atoms with Crippen LogP contribution >= 0.6 is 0 Å². The minimum Gasteiger partial charge on any atom is -0.394 e. The largest absolute Gasteiger partial charge is 0.394 e. The molecule has 4 N–H and O–H groups in total. The lowest BCUT2D eigenvalue weighted by Gasteiger charge is -2.24. The van der Waals surface area contributed by atoms with Crippen molar-refractivity contribution in [2.75, 3.05) is 119 Å². The first-order valence-electron chi connectivity index (χ1n) is 15.0. The highest BCUT2D eigenvalue weighted by molar-refractivity contribution is 5.90. The number of aliphatic hydroxyl groups excluding tert-OH is 1. The van der Waals surface area contributed by atoms with Gasteiger partial charge < -0.3 is 59.0 Å². The van der Waals surface area contributed by atoms with Crippen molar-refractivity contribution < 1.29 is 57.4 Å². The summed E-state index contributed by atoms with van der Waals surface area (Å²) in [6.45, 7) is 10.2. The van der Waals surface area contributed by atoms with Gasteiger partial charge in [-0.1, -0.05) is 0 Å². The number of carbonyl (C=O) groups excluding carboxylic acids is 3. The van der Waals surface area contributed by atoms with Crippen LogP contribution in [0.4, 0.5) is 0 Å². The topological polar surface area (TPSA) is 187 Å². The van der Waals surface area contributed by atoms with Crippen molar-refractivity contribution >= 4 is 17.6 Å². The van der Waals surface area contributed by atoms with Crippen molar-refractivity contribution in [3.63, 3.8) is 0 Å². The molecule has 0 saturated carbocycles. The molecule has 0 aliphatic carbocycles. The van der Waals surface area contributed by atoms with E-state index in [4.69, 9.17) is 48.7 Å². The Labute approximate surface area is 254 Å². The van der Waals surface area contributed by atoms with E-state index in [1.807, 2.05) is 0 Å². The lowest BCUT2D eigenvalue weighted by atomic mass is 10.1. The maximum absolute atomic E-state index is 12.3. The van der Waals surface area contributed by atoms with Gasteiger partial charge in [-0.25, -0.2) is 0 Å². The number of amides is 2. The Morgan fingerprint density at radius 2 is 1.09 bits per heavy atom. The van der Waals surface area contributed by atoms with Gasteiger partial charge in [-0.15, -0.1) is 0 Å². The predicted molar refractivity (Wildman–Crippen MR) is 155 cm³/mol. The zero-order valence-electron chi connectivity index (χ0n) is 25.8. The maximum Gasteiger partial charge on any atom is 0.239 e. The molecule has 0 radical (unpaired) electrons. The van der Waals surface area contributed by atoms with E-state index in [1.54, 1.807) is 6.92 Å². The zero-order chi connectivity index (χ0) is 31.5. The van der Waals surface area contributed by atoms with Crippen LogP contribution in [0.25, 0.3) is 0 Å². The number of rotatable bonds is 29. The number of likely N-dealkylation sites (tertiary alicyclic amines) is 1. The van der Waals surface area contributed by atoms with Gasteiger partial charge in [-0.2, -0.15) is 0 Å². The molecular weight excluding hydrogens is 570 g/mol. The van der Waals surface area contributed by atoms with Crippen molar-refractivity contribution in [1.82, 2.24) is 10.2 Å². The molecule has 0 bridgehead atoms. The third kappa shape index (κ3) is 20.7. The molecular formula is C28H53N3O12. The Balaban J connectivity index is 1.82. The third-order valence-corrected chi connectivity index (χ3v) is 6.12. The minimum absolute atomic E-state index is 0.0136. The molecule has 2 amide bonds. The fourth-order valence-corrected chi connectivity index (χ4v) is 4.00. The fourth-order valence-electron chi connectivity index (χ4n) is 4.00. The van der Waals surface area contributed by atoms with Gasteiger partial charge in [0.1, 0.15) is 0 Å². The highest BCUT2D eigenvalue weighted by Gasteiger charge is 2.39. The Morgan fingerprint density at radius 3 is 1.44 bits per heavy atom. The lowest BCUT2D eigenvalue weighted by Crippen LogP contribution is -2.47. The molecule has 0 spiro atoms. The average Bonchev–Trinajstić information content (AvgIpc) is 3.40. The van der Waals surface area contributed by atoms with Gasteiger partial charge >= 0.3 is 0 Å². The third-order valence-electron chi connectivity index (χ3n) is 6.12. The van der Waals surface area contributed by atoms with Crippen LogP contribution in [0, 0.1) is 0 Å². The second-order valence-electron chi connectivity index (χ2n) is 9.78. The second kappa shape index (κ2) is 26.6. The Morgan fingerprint density at radius 1 is 0.721 bits per heavy atom.